The maximum Gasteiger partial charge on any atom is 0.198 e. The van der Waals surface area contributed by atoms with E-state index in [-0.39, 0.29) is 6.10 Å². The molecule has 78 valence electrons. The second kappa shape index (κ2) is 4.94. The Morgan fingerprint density at radius 3 is 2.69 bits per heavy atom. The van der Waals surface area contributed by atoms with Crippen molar-refractivity contribution in [3.05, 3.63) is 0 Å². The molecule has 13 heavy (non-hydrogen) atoms. The Hall–Kier alpha value is -0.120. The molecule has 0 unspecified atom stereocenters. The minimum absolute atomic E-state index is 0.0897. The Morgan fingerprint density at radius 2 is 2.15 bits per heavy atom. The summed E-state index contributed by atoms with van der Waals surface area (Å²) in [6.45, 7) is 3.83. The molecule has 0 amide bonds. The largest absolute Gasteiger partial charge is 0.363 e. The molecule has 0 saturated carbocycles. The second-order valence-corrected chi connectivity index (χ2v) is 4.03. The number of hydrogen-bond acceptors (Lipinski definition) is 3. The van der Waals surface area contributed by atoms with E-state index in [0.29, 0.717) is 6.42 Å². The Labute approximate surface area is 80.0 Å². The molecule has 0 spiro atoms. The van der Waals surface area contributed by atoms with Crippen molar-refractivity contribution >= 4 is 0 Å². The molecule has 0 aromatic carbocycles. The Balaban J connectivity index is 2.04. The van der Waals surface area contributed by atoms with Crippen LogP contribution >= 0.6 is 0 Å². The third kappa shape index (κ3) is 4.07. The van der Waals surface area contributed by atoms with E-state index in [1.807, 2.05) is 0 Å². The monoisotopic (exact) mass is 188 g/mol. The van der Waals surface area contributed by atoms with Crippen LogP contribution in [0.25, 0.3) is 0 Å². The van der Waals surface area contributed by atoms with Gasteiger partial charge in [-0.3, -0.25) is 0 Å². The quantitative estimate of drug-likeness (QED) is 0.532. The van der Waals surface area contributed by atoms with E-state index >= 15 is 0 Å². The second-order valence-electron chi connectivity index (χ2n) is 4.03. The van der Waals surface area contributed by atoms with E-state index in [1.54, 1.807) is 6.92 Å². The summed E-state index contributed by atoms with van der Waals surface area (Å²) in [6.07, 6.45) is 6.63. The molecule has 1 heterocycles. The van der Waals surface area contributed by atoms with Gasteiger partial charge in [-0.2, -0.15) is 0 Å². The predicted octanol–water partition coefficient (Wildman–Crippen LogP) is 2.39. The van der Waals surface area contributed by atoms with Gasteiger partial charge < -0.3 is 5.11 Å². The van der Waals surface area contributed by atoms with Crippen LogP contribution in [0, 0.1) is 0 Å². The summed E-state index contributed by atoms with van der Waals surface area (Å²) in [5.74, 6) is -1.06. The minimum atomic E-state index is -1.06. The molecule has 0 radical (unpaired) electrons. The first-order chi connectivity index (χ1) is 6.14. The van der Waals surface area contributed by atoms with Crippen molar-refractivity contribution < 1.29 is 14.9 Å². The average molecular weight is 188 g/mol. The Morgan fingerprint density at radius 1 is 1.38 bits per heavy atom. The molecule has 1 rings (SSSR count). The molecule has 1 aliphatic heterocycles. The highest BCUT2D eigenvalue weighted by Gasteiger charge is 2.35. The van der Waals surface area contributed by atoms with E-state index in [1.165, 1.54) is 19.3 Å². The first-order valence-corrected chi connectivity index (χ1v) is 5.21. The van der Waals surface area contributed by atoms with Gasteiger partial charge in [-0.1, -0.05) is 32.6 Å². The van der Waals surface area contributed by atoms with Crippen LogP contribution in [0.2, 0.25) is 0 Å². The summed E-state index contributed by atoms with van der Waals surface area (Å²) in [7, 11) is 0. The first-order valence-electron chi connectivity index (χ1n) is 5.21. The van der Waals surface area contributed by atoms with Crippen LogP contribution in [0.5, 0.6) is 0 Å². The normalized spacial score (nSPS) is 33.9. The van der Waals surface area contributed by atoms with E-state index < -0.39 is 5.79 Å². The van der Waals surface area contributed by atoms with Crippen molar-refractivity contribution in [2.75, 3.05) is 0 Å². The van der Waals surface area contributed by atoms with Gasteiger partial charge in [-0.05, 0) is 13.3 Å². The zero-order valence-corrected chi connectivity index (χ0v) is 8.58. The van der Waals surface area contributed by atoms with Gasteiger partial charge in [0.15, 0.2) is 5.79 Å². The molecule has 2 atom stereocenters. The van der Waals surface area contributed by atoms with Crippen LogP contribution < -0.4 is 0 Å². The standard InChI is InChI=1S/C10H20O3/c1-3-4-5-6-7-9-8-10(2,11)13-12-9/h9,11H,3-8H2,1-2H3/t9-,10+/m1/s1. The van der Waals surface area contributed by atoms with E-state index in [9.17, 15) is 5.11 Å². The number of unbranched alkanes of at least 4 members (excludes halogenated alkanes) is 3. The zero-order chi connectivity index (χ0) is 9.73. The molecule has 1 saturated heterocycles. The van der Waals surface area contributed by atoms with Crippen molar-refractivity contribution in [3.63, 3.8) is 0 Å². The highest BCUT2D eigenvalue weighted by Crippen LogP contribution is 2.28. The molecule has 0 bridgehead atoms. The molecule has 3 heteroatoms. The van der Waals surface area contributed by atoms with E-state index in [0.717, 1.165) is 12.8 Å². The molecule has 1 aliphatic rings. The Kier molecular flexibility index (Phi) is 4.16. The highest BCUT2D eigenvalue weighted by atomic mass is 17.2. The number of aliphatic hydroxyl groups is 1. The third-order valence-corrected chi connectivity index (χ3v) is 2.35. The minimum Gasteiger partial charge on any atom is -0.363 e. The van der Waals surface area contributed by atoms with Crippen LogP contribution in [0.3, 0.4) is 0 Å². The van der Waals surface area contributed by atoms with Crippen LogP contribution in [0.15, 0.2) is 0 Å². The van der Waals surface area contributed by atoms with Crippen LogP contribution in [-0.4, -0.2) is 17.0 Å². The Bertz CT molecular complexity index is 145. The van der Waals surface area contributed by atoms with Crippen molar-refractivity contribution in [2.24, 2.45) is 0 Å². The van der Waals surface area contributed by atoms with Gasteiger partial charge in [0.2, 0.25) is 0 Å². The van der Waals surface area contributed by atoms with E-state index in [4.69, 9.17) is 9.78 Å². The van der Waals surface area contributed by atoms with Gasteiger partial charge in [-0.25, -0.2) is 9.78 Å². The van der Waals surface area contributed by atoms with Gasteiger partial charge >= 0.3 is 0 Å². The molecule has 0 aromatic rings. The number of rotatable bonds is 5. The summed E-state index contributed by atoms with van der Waals surface area (Å²) < 4.78 is 0. The molecule has 1 N–H and O–H groups in total. The van der Waals surface area contributed by atoms with Gasteiger partial charge in [-0.15, -0.1) is 0 Å². The summed E-state index contributed by atoms with van der Waals surface area (Å²) in [5.41, 5.74) is 0. The zero-order valence-electron chi connectivity index (χ0n) is 8.58. The molecule has 0 aliphatic carbocycles. The summed E-state index contributed by atoms with van der Waals surface area (Å²) >= 11 is 0. The number of hydrogen-bond donors (Lipinski definition) is 1. The summed E-state index contributed by atoms with van der Waals surface area (Å²) in [6, 6.07) is 0. The first kappa shape index (κ1) is 11.0. The van der Waals surface area contributed by atoms with Gasteiger partial charge in [0, 0.05) is 6.42 Å². The molecule has 1 fully saturated rings. The highest BCUT2D eigenvalue weighted by molar-refractivity contribution is 4.71. The maximum absolute atomic E-state index is 9.42. The van der Waals surface area contributed by atoms with Crippen molar-refractivity contribution in [1.29, 1.82) is 0 Å². The fourth-order valence-corrected chi connectivity index (χ4v) is 1.61. The SMILES string of the molecule is CCCCCC[C@@H]1C[C@@](C)(O)OO1. The smallest absolute Gasteiger partial charge is 0.198 e. The maximum atomic E-state index is 9.42. The molecule has 3 nitrogen and oxygen atoms in total. The molecule has 0 aromatic heterocycles. The topological polar surface area (TPSA) is 38.7 Å². The lowest BCUT2D eigenvalue weighted by atomic mass is 10.0. The van der Waals surface area contributed by atoms with Gasteiger partial charge in [0.1, 0.15) is 0 Å². The lowest BCUT2D eigenvalue weighted by Crippen LogP contribution is -2.21. The molecular weight excluding hydrogens is 168 g/mol. The fraction of sp³-hybridized carbons (Fsp3) is 1.00. The lowest BCUT2D eigenvalue weighted by Gasteiger charge is -2.09. The van der Waals surface area contributed by atoms with Crippen molar-refractivity contribution in [3.8, 4) is 0 Å². The predicted molar refractivity (Wildman–Crippen MR) is 50.0 cm³/mol. The fourth-order valence-electron chi connectivity index (χ4n) is 1.61. The molecular formula is C10H20O3. The summed E-state index contributed by atoms with van der Waals surface area (Å²) in [5, 5.41) is 9.42. The average Bonchev–Trinajstić information content (AvgIpc) is 2.40. The van der Waals surface area contributed by atoms with Crippen molar-refractivity contribution in [1.82, 2.24) is 0 Å². The third-order valence-electron chi connectivity index (χ3n) is 2.35. The van der Waals surface area contributed by atoms with Gasteiger partial charge in [0.05, 0.1) is 6.10 Å². The van der Waals surface area contributed by atoms with Gasteiger partial charge in [0.25, 0.3) is 0 Å². The van der Waals surface area contributed by atoms with E-state index in [2.05, 4.69) is 6.92 Å². The summed E-state index contributed by atoms with van der Waals surface area (Å²) in [4.78, 5) is 9.76. The van der Waals surface area contributed by atoms with Crippen LogP contribution in [0.1, 0.15) is 52.4 Å². The van der Waals surface area contributed by atoms with Crippen molar-refractivity contribution in [2.45, 2.75) is 64.3 Å². The lowest BCUT2D eigenvalue weighted by molar-refractivity contribution is -0.372. The van der Waals surface area contributed by atoms with Crippen LogP contribution in [0.4, 0.5) is 0 Å². The van der Waals surface area contributed by atoms with Crippen LogP contribution in [-0.2, 0) is 9.78 Å².